The first-order valence-corrected chi connectivity index (χ1v) is 16.8. The summed E-state index contributed by atoms with van der Waals surface area (Å²) in [6, 6.07) is 23.6. The number of hydrogen-bond acceptors (Lipinski definition) is 9. The molecule has 2 heterocycles. The van der Waals surface area contributed by atoms with Crippen LogP contribution in [-0.2, 0) is 16.4 Å². The monoisotopic (exact) mass is 607 g/mol. The largest absolute Gasteiger partial charge is 0.506 e. The fourth-order valence-corrected chi connectivity index (χ4v) is 6.45. The zero-order valence-corrected chi connectivity index (χ0v) is 25.2. The lowest BCUT2D eigenvalue weighted by atomic mass is 10.0. The van der Waals surface area contributed by atoms with E-state index in [1.807, 2.05) is 18.2 Å². The molecule has 42 heavy (non-hydrogen) atoms. The summed E-state index contributed by atoms with van der Waals surface area (Å²) in [4.78, 5) is 7.25. The second kappa shape index (κ2) is 13.6. The molecule has 222 valence electrons. The number of sulfonamides is 1. The number of phenolic OH excluding ortho intramolecular Hbond substituents is 1. The molecule has 0 unspecified atom stereocenters. The Morgan fingerprint density at radius 2 is 1.79 bits per heavy atom. The molecule has 0 bridgehead atoms. The number of piperidine rings is 1. The van der Waals surface area contributed by atoms with Crippen LogP contribution in [0.1, 0.15) is 30.1 Å². The molecule has 0 aliphatic carbocycles. The Morgan fingerprint density at radius 3 is 2.50 bits per heavy atom. The lowest BCUT2D eigenvalue weighted by molar-refractivity contribution is 0.175. The first-order chi connectivity index (χ1) is 20.2. The minimum absolute atomic E-state index is 0.0465. The van der Waals surface area contributed by atoms with Crippen molar-refractivity contribution in [2.45, 2.75) is 31.4 Å². The van der Waals surface area contributed by atoms with Gasteiger partial charge < -0.3 is 25.7 Å². The molecule has 11 heteroatoms. The van der Waals surface area contributed by atoms with Crippen LogP contribution in [0.5, 0.6) is 5.75 Å². The van der Waals surface area contributed by atoms with Crippen molar-refractivity contribution in [3.05, 3.63) is 89.3 Å². The van der Waals surface area contributed by atoms with E-state index < -0.39 is 16.1 Å². The number of benzene rings is 3. The van der Waals surface area contributed by atoms with E-state index in [4.69, 9.17) is 4.98 Å². The molecule has 0 spiro atoms. The summed E-state index contributed by atoms with van der Waals surface area (Å²) < 4.78 is 25.3. The zero-order chi connectivity index (χ0) is 29.5. The second-order valence-corrected chi connectivity index (χ2v) is 13.2. The van der Waals surface area contributed by atoms with Crippen LogP contribution in [-0.4, -0.2) is 62.1 Å². The normalized spacial score (nSPS) is 15.0. The van der Waals surface area contributed by atoms with E-state index in [2.05, 4.69) is 62.0 Å². The van der Waals surface area contributed by atoms with Crippen LogP contribution in [0.4, 0.5) is 16.5 Å². The summed E-state index contributed by atoms with van der Waals surface area (Å²) in [5.74, 6) is -0.193. The fraction of sp³-hybridized carbons (Fsp3) is 0.323. The molecule has 1 atom stereocenters. The van der Waals surface area contributed by atoms with Crippen molar-refractivity contribution >= 4 is 37.9 Å². The lowest BCUT2D eigenvalue weighted by Crippen LogP contribution is -2.39. The highest BCUT2D eigenvalue weighted by Gasteiger charge is 2.21. The van der Waals surface area contributed by atoms with Gasteiger partial charge in [-0.3, -0.25) is 4.72 Å². The molecular formula is C31H37N5O4S2. The van der Waals surface area contributed by atoms with Crippen molar-refractivity contribution in [2.75, 3.05) is 47.4 Å². The molecule has 3 aromatic carbocycles. The number of rotatable bonds is 12. The third-order valence-electron chi connectivity index (χ3n) is 7.28. The van der Waals surface area contributed by atoms with Crippen molar-refractivity contribution in [1.82, 2.24) is 10.3 Å². The first kappa shape index (κ1) is 29.8. The Morgan fingerprint density at radius 1 is 1.05 bits per heavy atom. The number of hydrogen-bond donors (Lipinski definition) is 5. The Balaban J connectivity index is 1.03. The van der Waals surface area contributed by atoms with E-state index in [0.29, 0.717) is 24.7 Å². The molecule has 1 aliphatic heterocycles. The number of nitrogens with zero attached hydrogens (tertiary/aromatic N) is 2. The van der Waals surface area contributed by atoms with E-state index in [9.17, 15) is 18.6 Å². The van der Waals surface area contributed by atoms with Gasteiger partial charge in [0.2, 0.25) is 10.0 Å². The third-order valence-corrected chi connectivity index (χ3v) is 8.77. The molecule has 1 aliphatic rings. The van der Waals surface area contributed by atoms with Gasteiger partial charge in [0.1, 0.15) is 5.75 Å². The topological polar surface area (TPSA) is 127 Å². The number of aromatic hydroxyl groups is 1. The van der Waals surface area contributed by atoms with Crippen LogP contribution in [0.15, 0.2) is 78.2 Å². The first-order valence-electron chi connectivity index (χ1n) is 14.0. The molecule has 0 saturated carbocycles. The molecule has 5 rings (SSSR count). The maximum Gasteiger partial charge on any atom is 0.229 e. The Bertz CT molecular complexity index is 1550. The van der Waals surface area contributed by atoms with E-state index in [-0.39, 0.29) is 11.4 Å². The quantitative estimate of drug-likeness (QED) is 0.115. The van der Waals surface area contributed by atoms with Crippen molar-refractivity contribution in [3.8, 4) is 17.0 Å². The molecule has 1 fully saturated rings. The smallest absolute Gasteiger partial charge is 0.229 e. The average molecular weight is 608 g/mol. The van der Waals surface area contributed by atoms with Crippen molar-refractivity contribution in [1.29, 1.82) is 0 Å². The maximum atomic E-state index is 11.5. The Labute approximate surface area is 251 Å². The summed E-state index contributed by atoms with van der Waals surface area (Å²) in [7, 11) is -3.54. The van der Waals surface area contributed by atoms with Crippen molar-refractivity contribution < 1.29 is 18.6 Å². The van der Waals surface area contributed by atoms with Gasteiger partial charge >= 0.3 is 0 Å². The summed E-state index contributed by atoms with van der Waals surface area (Å²) >= 11 is 1.71. The minimum Gasteiger partial charge on any atom is -0.506 e. The van der Waals surface area contributed by atoms with Crippen LogP contribution in [0, 0.1) is 0 Å². The minimum atomic E-state index is -3.54. The molecule has 1 saturated heterocycles. The van der Waals surface area contributed by atoms with Crippen LogP contribution < -0.4 is 20.3 Å². The molecular weight excluding hydrogens is 571 g/mol. The third kappa shape index (κ3) is 8.22. The van der Waals surface area contributed by atoms with Crippen molar-refractivity contribution in [3.63, 3.8) is 0 Å². The van der Waals surface area contributed by atoms with Gasteiger partial charge in [-0.15, -0.1) is 11.3 Å². The van der Waals surface area contributed by atoms with Gasteiger partial charge in [-0.1, -0.05) is 48.5 Å². The van der Waals surface area contributed by atoms with E-state index in [0.717, 1.165) is 60.7 Å². The number of aliphatic hydroxyl groups excluding tert-OH is 1. The molecule has 0 radical (unpaired) electrons. The summed E-state index contributed by atoms with van der Waals surface area (Å²) in [6.07, 6.45) is 3.09. The molecule has 0 amide bonds. The van der Waals surface area contributed by atoms with Crippen LogP contribution >= 0.6 is 11.3 Å². The number of phenols is 1. The molecule has 4 aromatic rings. The Hall–Kier alpha value is -3.64. The van der Waals surface area contributed by atoms with Gasteiger partial charge in [0.15, 0.2) is 5.13 Å². The summed E-state index contributed by atoms with van der Waals surface area (Å²) in [5, 5.41) is 30.6. The van der Waals surface area contributed by atoms with Crippen LogP contribution in [0.2, 0.25) is 0 Å². The van der Waals surface area contributed by atoms with Gasteiger partial charge in [0.25, 0.3) is 0 Å². The standard InChI is InChI=1S/C31H37N5O4S2/c1-42(39,40)35-27-19-24(9-12-29(27)37)30(38)20-32-16-13-22-7-10-25(11-8-22)33-26-14-17-36(18-15-26)31-34-28(21-41-31)23-5-3-2-4-6-23/h2-12,19,21,26,30,32-33,35,37-38H,13-18,20H2,1H3/t30-/m0/s1. The van der Waals surface area contributed by atoms with Gasteiger partial charge in [-0.25, -0.2) is 13.4 Å². The number of aromatic nitrogens is 1. The van der Waals surface area contributed by atoms with E-state index >= 15 is 0 Å². The molecule has 5 N–H and O–H groups in total. The highest BCUT2D eigenvalue weighted by atomic mass is 32.2. The van der Waals surface area contributed by atoms with E-state index in [1.54, 1.807) is 17.4 Å². The number of nitrogens with one attached hydrogen (secondary N) is 3. The lowest BCUT2D eigenvalue weighted by Gasteiger charge is -2.32. The van der Waals surface area contributed by atoms with E-state index in [1.165, 1.54) is 17.7 Å². The Kier molecular flexibility index (Phi) is 9.63. The van der Waals surface area contributed by atoms with Gasteiger partial charge in [0, 0.05) is 42.3 Å². The van der Waals surface area contributed by atoms with Crippen molar-refractivity contribution in [2.24, 2.45) is 0 Å². The number of anilines is 3. The van der Waals surface area contributed by atoms with Gasteiger partial charge in [-0.05, 0) is 61.2 Å². The molecule has 1 aromatic heterocycles. The summed E-state index contributed by atoms with van der Waals surface area (Å²) in [6.45, 7) is 2.94. The van der Waals surface area contributed by atoms with Gasteiger partial charge in [-0.2, -0.15) is 0 Å². The highest BCUT2D eigenvalue weighted by molar-refractivity contribution is 7.92. The van der Waals surface area contributed by atoms with Gasteiger partial charge in [0.05, 0.1) is 23.7 Å². The number of thiazole rings is 1. The second-order valence-electron chi connectivity index (χ2n) is 10.6. The fourth-order valence-electron chi connectivity index (χ4n) is 5.00. The zero-order valence-electron chi connectivity index (χ0n) is 23.5. The van der Waals surface area contributed by atoms with Crippen LogP contribution in [0.25, 0.3) is 11.3 Å². The summed E-state index contributed by atoms with van der Waals surface area (Å²) in [5.41, 5.74) is 5.06. The predicted octanol–water partition coefficient (Wildman–Crippen LogP) is 4.83. The predicted molar refractivity (Wildman–Crippen MR) is 171 cm³/mol. The number of aliphatic hydroxyl groups is 1. The maximum absolute atomic E-state index is 11.5. The SMILES string of the molecule is CS(=O)(=O)Nc1cc([C@@H](O)CNCCc2ccc(NC3CCN(c4nc(-c5ccccc5)cs4)CC3)cc2)ccc1O. The van der Waals surface area contributed by atoms with Crippen LogP contribution in [0.3, 0.4) is 0 Å². The highest BCUT2D eigenvalue weighted by Crippen LogP contribution is 2.30. The average Bonchev–Trinajstić information content (AvgIpc) is 3.48. The molecule has 9 nitrogen and oxygen atoms in total.